The first kappa shape index (κ1) is 14.5. The van der Waals surface area contributed by atoms with Crippen LogP contribution in [0.25, 0.3) is 0 Å². The van der Waals surface area contributed by atoms with Gasteiger partial charge in [0, 0.05) is 18.0 Å². The van der Waals surface area contributed by atoms with Crippen molar-refractivity contribution >= 4 is 5.91 Å². The van der Waals surface area contributed by atoms with Crippen LogP contribution in [0.4, 0.5) is 0 Å². The summed E-state index contributed by atoms with van der Waals surface area (Å²) in [6.45, 7) is 3.50. The molecule has 1 unspecified atom stereocenters. The number of primary amides is 1. The van der Waals surface area contributed by atoms with Crippen LogP contribution >= 0.6 is 0 Å². The molecule has 3 N–H and O–H groups in total. The largest absolute Gasteiger partial charge is 0.394 e. The number of nitrogens with two attached hydrogens (primary N) is 1. The Bertz CT molecular complexity index is 502. The van der Waals surface area contributed by atoms with Crippen molar-refractivity contribution in [2.24, 2.45) is 5.73 Å². The number of hydrogen-bond donors (Lipinski definition) is 2. The van der Waals surface area contributed by atoms with E-state index in [4.69, 9.17) is 19.9 Å². The minimum Gasteiger partial charge on any atom is -0.394 e. The van der Waals surface area contributed by atoms with E-state index in [1.807, 2.05) is 26.1 Å². The Hall–Kier alpha value is -1.41. The zero-order valence-electron chi connectivity index (χ0n) is 12.1. The fraction of sp³-hybridized carbons (Fsp3) is 0.643. The molecule has 0 aromatic heterocycles. The molecule has 0 radical (unpaired) electrons. The quantitative estimate of drug-likeness (QED) is 0.750. The van der Waals surface area contributed by atoms with Gasteiger partial charge in [-0.05, 0) is 20.3 Å². The maximum absolute atomic E-state index is 11.3. The number of amides is 1. The van der Waals surface area contributed by atoms with Crippen LogP contribution in [0.1, 0.15) is 20.3 Å². The van der Waals surface area contributed by atoms with Gasteiger partial charge in [-0.25, -0.2) is 0 Å². The number of allylic oxidation sites excluding steroid dienone is 1. The van der Waals surface area contributed by atoms with Gasteiger partial charge in [0.2, 0.25) is 5.91 Å². The summed E-state index contributed by atoms with van der Waals surface area (Å²) < 4.78 is 17.5. The second-order valence-electron chi connectivity index (χ2n) is 5.87. The second kappa shape index (κ2) is 5.10. The fourth-order valence-corrected chi connectivity index (χ4v) is 2.95. The summed E-state index contributed by atoms with van der Waals surface area (Å²) in [5.74, 6) is -1.18. The second-order valence-corrected chi connectivity index (χ2v) is 5.87. The number of carbonyl (C=O) groups is 1. The van der Waals surface area contributed by atoms with Crippen LogP contribution in [0.15, 0.2) is 24.0 Å². The summed E-state index contributed by atoms with van der Waals surface area (Å²) in [6, 6.07) is 0. The van der Waals surface area contributed by atoms with E-state index >= 15 is 0 Å². The molecule has 21 heavy (non-hydrogen) atoms. The Kier molecular flexibility index (Phi) is 3.53. The molecule has 0 aliphatic carbocycles. The van der Waals surface area contributed by atoms with E-state index in [-0.39, 0.29) is 18.8 Å². The van der Waals surface area contributed by atoms with Crippen molar-refractivity contribution in [2.45, 2.75) is 50.6 Å². The zero-order valence-corrected chi connectivity index (χ0v) is 12.1. The van der Waals surface area contributed by atoms with E-state index in [1.54, 1.807) is 11.1 Å². The van der Waals surface area contributed by atoms with Gasteiger partial charge in [0.25, 0.3) is 0 Å². The smallest absolute Gasteiger partial charge is 0.246 e. The maximum atomic E-state index is 11.3. The average molecular weight is 296 g/mol. The first-order chi connectivity index (χ1) is 9.91. The molecule has 0 aromatic carbocycles. The van der Waals surface area contributed by atoms with E-state index in [0.29, 0.717) is 12.0 Å². The highest BCUT2D eigenvalue weighted by atomic mass is 16.8. The number of rotatable bonds is 3. The summed E-state index contributed by atoms with van der Waals surface area (Å²) in [6.07, 6.45) is 4.23. The molecule has 116 valence electrons. The van der Waals surface area contributed by atoms with Crippen LogP contribution in [0.3, 0.4) is 0 Å². The molecule has 2 saturated heterocycles. The van der Waals surface area contributed by atoms with E-state index in [9.17, 15) is 9.90 Å². The minimum atomic E-state index is -0.722. The summed E-state index contributed by atoms with van der Waals surface area (Å²) in [5.41, 5.74) is 5.83. The highest BCUT2D eigenvalue weighted by Crippen LogP contribution is 2.40. The van der Waals surface area contributed by atoms with Crippen molar-refractivity contribution in [3.05, 3.63) is 24.0 Å². The number of hydrogen-bond acceptors (Lipinski definition) is 6. The fourth-order valence-electron chi connectivity index (χ4n) is 2.95. The highest BCUT2D eigenvalue weighted by molar-refractivity contribution is 5.92. The topological polar surface area (TPSA) is 94.2 Å². The molecular formula is C14H20N2O5. The van der Waals surface area contributed by atoms with Gasteiger partial charge in [0.15, 0.2) is 12.0 Å². The van der Waals surface area contributed by atoms with Gasteiger partial charge in [-0.15, -0.1) is 0 Å². The van der Waals surface area contributed by atoms with E-state index in [2.05, 4.69) is 0 Å². The molecule has 1 amide bonds. The monoisotopic (exact) mass is 296 g/mol. The maximum Gasteiger partial charge on any atom is 0.246 e. The van der Waals surface area contributed by atoms with Crippen molar-refractivity contribution in [1.29, 1.82) is 0 Å². The number of aliphatic hydroxyl groups is 1. The molecule has 0 spiro atoms. The first-order valence-corrected chi connectivity index (χ1v) is 6.98. The lowest BCUT2D eigenvalue weighted by atomic mass is 10.1. The number of aliphatic hydroxyl groups excluding tert-OH is 1. The summed E-state index contributed by atoms with van der Waals surface area (Å²) >= 11 is 0. The molecule has 0 bridgehead atoms. The number of ether oxygens (including phenoxy) is 3. The Morgan fingerprint density at radius 3 is 2.86 bits per heavy atom. The van der Waals surface area contributed by atoms with Crippen molar-refractivity contribution < 1.29 is 24.1 Å². The Balaban J connectivity index is 1.84. The SMILES string of the molecule is CC1(C)O[C@@H]2[C@H](O1)C(CO)O[C@H]2N1C=CCC(C(N)=O)=C1. The van der Waals surface area contributed by atoms with Gasteiger partial charge < -0.3 is 30.0 Å². The molecule has 0 saturated carbocycles. The van der Waals surface area contributed by atoms with Crippen LogP contribution < -0.4 is 5.73 Å². The third-order valence-corrected chi connectivity index (χ3v) is 3.84. The van der Waals surface area contributed by atoms with Crippen molar-refractivity contribution in [1.82, 2.24) is 4.90 Å². The third-order valence-electron chi connectivity index (χ3n) is 3.84. The van der Waals surface area contributed by atoms with Crippen molar-refractivity contribution in [3.8, 4) is 0 Å². The Morgan fingerprint density at radius 1 is 1.48 bits per heavy atom. The molecule has 3 aliphatic rings. The predicted octanol–water partition coefficient (Wildman–Crippen LogP) is -0.188. The van der Waals surface area contributed by atoms with Crippen LogP contribution in [0.2, 0.25) is 0 Å². The van der Waals surface area contributed by atoms with Gasteiger partial charge in [0.05, 0.1) is 6.61 Å². The van der Waals surface area contributed by atoms with Gasteiger partial charge in [-0.2, -0.15) is 0 Å². The normalized spacial score (nSPS) is 37.5. The average Bonchev–Trinajstić information content (AvgIpc) is 2.91. The van der Waals surface area contributed by atoms with Crippen LogP contribution in [-0.4, -0.2) is 52.8 Å². The molecule has 2 fully saturated rings. The molecule has 3 rings (SSSR count). The van der Waals surface area contributed by atoms with E-state index in [0.717, 1.165) is 0 Å². The van der Waals surface area contributed by atoms with Gasteiger partial charge >= 0.3 is 0 Å². The van der Waals surface area contributed by atoms with E-state index in [1.165, 1.54) is 0 Å². The number of fused-ring (bicyclic) bond motifs is 1. The lowest BCUT2D eigenvalue weighted by Crippen LogP contribution is -2.40. The Morgan fingerprint density at radius 2 is 2.19 bits per heavy atom. The molecule has 3 aliphatic heterocycles. The van der Waals surface area contributed by atoms with Crippen LogP contribution in [0, 0.1) is 0 Å². The highest BCUT2D eigenvalue weighted by Gasteiger charge is 2.56. The van der Waals surface area contributed by atoms with Crippen LogP contribution in [-0.2, 0) is 19.0 Å². The number of nitrogens with zero attached hydrogens (tertiary/aromatic N) is 1. The van der Waals surface area contributed by atoms with E-state index < -0.39 is 24.0 Å². The lowest BCUT2D eigenvalue weighted by molar-refractivity contribution is -0.201. The first-order valence-electron chi connectivity index (χ1n) is 6.98. The predicted molar refractivity (Wildman–Crippen MR) is 72.4 cm³/mol. The minimum absolute atomic E-state index is 0.152. The summed E-state index contributed by atoms with van der Waals surface area (Å²) in [7, 11) is 0. The Labute approximate surface area is 122 Å². The summed E-state index contributed by atoms with van der Waals surface area (Å²) in [4.78, 5) is 13.1. The van der Waals surface area contributed by atoms with Crippen LogP contribution in [0.5, 0.6) is 0 Å². The van der Waals surface area contributed by atoms with Gasteiger partial charge in [-0.3, -0.25) is 4.79 Å². The third kappa shape index (κ3) is 2.57. The van der Waals surface area contributed by atoms with Gasteiger partial charge in [0.1, 0.15) is 18.3 Å². The van der Waals surface area contributed by atoms with Gasteiger partial charge in [-0.1, -0.05) is 6.08 Å². The molecular weight excluding hydrogens is 276 g/mol. The molecule has 4 atom stereocenters. The van der Waals surface area contributed by atoms with Crippen molar-refractivity contribution in [2.75, 3.05) is 6.61 Å². The number of carbonyl (C=O) groups excluding carboxylic acids is 1. The zero-order chi connectivity index (χ0) is 15.2. The molecule has 7 heteroatoms. The lowest BCUT2D eigenvalue weighted by Gasteiger charge is -2.31. The molecule has 3 heterocycles. The van der Waals surface area contributed by atoms with Crippen molar-refractivity contribution in [3.63, 3.8) is 0 Å². The molecule has 7 nitrogen and oxygen atoms in total. The standard InChI is InChI=1S/C14H20N2O5/c1-14(2)20-10-9(7-17)19-13(11(10)21-14)16-5-3-4-8(6-16)12(15)18/h3,5-6,9-11,13,17H,4,7H2,1-2H3,(H2,15,18)/t9?,10-,11-,13-/m1/s1. The summed E-state index contributed by atoms with van der Waals surface area (Å²) in [5, 5.41) is 9.45. The molecule has 0 aromatic rings.